The molecule has 1 aliphatic heterocycles. The maximum Gasteiger partial charge on any atom is 0.270 e. The Labute approximate surface area is 222 Å². The second-order valence-corrected chi connectivity index (χ2v) is 11.0. The smallest absolute Gasteiger partial charge is 0.270 e. The molecular weight excluding hydrogens is 617 g/mol. The van der Waals surface area contributed by atoms with E-state index in [-0.39, 0.29) is 5.91 Å². The van der Waals surface area contributed by atoms with Crippen molar-refractivity contribution in [3.8, 4) is 5.75 Å². The molecule has 0 N–H and O–H groups in total. The molecule has 3 aromatic rings. The second-order valence-electron chi connectivity index (χ2n) is 6.71. The highest BCUT2D eigenvalue weighted by atomic mass is 79.9. The molecule has 0 aromatic heterocycles. The van der Waals surface area contributed by atoms with Gasteiger partial charge >= 0.3 is 0 Å². The number of rotatable bonds is 5. The van der Waals surface area contributed by atoms with Crippen molar-refractivity contribution in [1.82, 2.24) is 0 Å². The molecule has 0 spiro atoms. The molecule has 3 nitrogen and oxygen atoms in total. The molecule has 0 unspecified atom stereocenters. The standard InChI is InChI=1S/C23H13Br2Cl2NO2S2/c24-15-2-1-3-17(10-15)28-22(29)21(32-23(28)31)9-13-4-7-20(18(25)8-13)30-12-14-5-6-16(26)11-19(14)27/h1-11H,12H2/b21-9+. The Bertz CT molecular complexity index is 1270. The Kier molecular flexibility index (Phi) is 7.65. The lowest BCUT2D eigenvalue weighted by Crippen LogP contribution is -2.27. The number of nitrogens with zero attached hydrogens (tertiary/aromatic N) is 1. The maximum absolute atomic E-state index is 13.0. The molecule has 1 heterocycles. The summed E-state index contributed by atoms with van der Waals surface area (Å²) in [5.41, 5.74) is 2.42. The van der Waals surface area contributed by atoms with Gasteiger partial charge in [0.05, 0.1) is 15.1 Å². The zero-order valence-electron chi connectivity index (χ0n) is 16.2. The van der Waals surface area contributed by atoms with Gasteiger partial charge in [-0.2, -0.15) is 0 Å². The maximum atomic E-state index is 13.0. The van der Waals surface area contributed by atoms with Crippen molar-refractivity contribution >= 4 is 101 Å². The first-order chi connectivity index (χ1) is 15.3. The van der Waals surface area contributed by atoms with Crippen LogP contribution in [0.15, 0.2) is 74.5 Å². The summed E-state index contributed by atoms with van der Waals surface area (Å²) in [6, 6.07) is 18.4. The van der Waals surface area contributed by atoms with Crippen LogP contribution in [0.5, 0.6) is 5.75 Å². The predicted molar refractivity (Wildman–Crippen MR) is 145 cm³/mol. The van der Waals surface area contributed by atoms with Gasteiger partial charge in [-0.25, -0.2) is 0 Å². The normalized spacial score (nSPS) is 15.0. The number of carbonyl (C=O) groups is 1. The lowest BCUT2D eigenvalue weighted by atomic mass is 10.2. The molecule has 0 bridgehead atoms. The van der Waals surface area contributed by atoms with Gasteiger partial charge in [0.1, 0.15) is 12.4 Å². The molecule has 4 rings (SSSR count). The van der Waals surface area contributed by atoms with Crippen LogP contribution in [0.2, 0.25) is 10.0 Å². The molecule has 1 fully saturated rings. The van der Waals surface area contributed by atoms with Crippen LogP contribution >= 0.6 is 79.0 Å². The van der Waals surface area contributed by atoms with Crippen LogP contribution in [0, 0.1) is 0 Å². The molecule has 0 saturated carbocycles. The average Bonchev–Trinajstić information content (AvgIpc) is 3.01. The summed E-state index contributed by atoms with van der Waals surface area (Å²) in [6.45, 7) is 0.305. The van der Waals surface area contributed by atoms with Gasteiger partial charge in [-0.05, 0) is 70.0 Å². The van der Waals surface area contributed by atoms with Crippen LogP contribution in [0.3, 0.4) is 0 Å². The molecule has 0 atom stereocenters. The average molecular weight is 630 g/mol. The van der Waals surface area contributed by atoms with Crippen molar-refractivity contribution in [3.63, 3.8) is 0 Å². The first-order valence-electron chi connectivity index (χ1n) is 9.21. The highest BCUT2D eigenvalue weighted by Crippen LogP contribution is 2.37. The third kappa shape index (κ3) is 5.41. The highest BCUT2D eigenvalue weighted by molar-refractivity contribution is 9.10. The van der Waals surface area contributed by atoms with Crippen molar-refractivity contribution in [3.05, 3.63) is 95.7 Å². The first kappa shape index (κ1) is 23.8. The number of anilines is 1. The monoisotopic (exact) mass is 627 g/mol. The van der Waals surface area contributed by atoms with Crippen LogP contribution in [0.1, 0.15) is 11.1 Å². The molecule has 32 heavy (non-hydrogen) atoms. The van der Waals surface area contributed by atoms with Gasteiger partial charge in [0, 0.05) is 20.1 Å². The third-order valence-corrected chi connectivity index (χ3v) is 7.51. The number of benzene rings is 3. The minimum Gasteiger partial charge on any atom is -0.488 e. The van der Waals surface area contributed by atoms with Gasteiger partial charge in [-0.1, -0.05) is 81.3 Å². The van der Waals surface area contributed by atoms with Crippen LogP contribution in [-0.2, 0) is 11.4 Å². The van der Waals surface area contributed by atoms with Crippen molar-refractivity contribution in [2.75, 3.05) is 4.90 Å². The van der Waals surface area contributed by atoms with Gasteiger partial charge < -0.3 is 4.74 Å². The zero-order chi connectivity index (χ0) is 22.8. The summed E-state index contributed by atoms with van der Waals surface area (Å²) >= 11 is 25.9. The quantitative estimate of drug-likeness (QED) is 0.209. The topological polar surface area (TPSA) is 29.5 Å². The van der Waals surface area contributed by atoms with Crippen molar-refractivity contribution in [1.29, 1.82) is 0 Å². The Hall–Kier alpha value is -1.35. The number of thioether (sulfide) groups is 1. The summed E-state index contributed by atoms with van der Waals surface area (Å²) in [5, 5.41) is 1.13. The summed E-state index contributed by atoms with van der Waals surface area (Å²) in [4.78, 5) is 15.1. The molecule has 0 aliphatic carbocycles. The Morgan fingerprint density at radius 1 is 1.06 bits per heavy atom. The van der Waals surface area contributed by atoms with E-state index >= 15 is 0 Å². The van der Waals surface area contributed by atoms with Crippen molar-refractivity contribution in [2.24, 2.45) is 0 Å². The van der Waals surface area contributed by atoms with Gasteiger partial charge in [-0.3, -0.25) is 9.69 Å². The van der Waals surface area contributed by atoms with Crippen LogP contribution in [0.25, 0.3) is 6.08 Å². The lowest BCUT2D eigenvalue weighted by Gasteiger charge is -2.14. The van der Waals surface area contributed by atoms with E-state index in [4.69, 9.17) is 40.2 Å². The van der Waals surface area contributed by atoms with Crippen LogP contribution in [0.4, 0.5) is 5.69 Å². The fourth-order valence-electron chi connectivity index (χ4n) is 2.98. The summed E-state index contributed by atoms with van der Waals surface area (Å²) < 4.78 is 8.04. The largest absolute Gasteiger partial charge is 0.488 e. The fourth-order valence-corrected chi connectivity index (χ4v) is 5.64. The fraction of sp³-hybridized carbons (Fsp3) is 0.0435. The van der Waals surface area contributed by atoms with E-state index in [9.17, 15) is 4.79 Å². The molecule has 9 heteroatoms. The van der Waals surface area contributed by atoms with Gasteiger partial charge in [0.25, 0.3) is 5.91 Å². The van der Waals surface area contributed by atoms with E-state index in [1.54, 1.807) is 17.0 Å². The number of hydrogen-bond acceptors (Lipinski definition) is 4. The summed E-state index contributed by atoms with van der Waals surface area (Å²) in [7, 11) is 0. The van der Waals surface area contributed by atoms with Gasteiger partial charge in [0.2, 0.25) is 0 Å². The predicted octanol–water partition coefficient (Wildman–Crippen LogP) is 8.50. The van der Waals surface area contributed by atoms with E-state index in [1.807, 2.05) is 54.6 Å². The number of amides is 1. The van der Waals surface area contributed by atoms with E-state index < -0.39 is 0 Å². The van der Waals surface area contributed by atoms with Crippen molar-refractivity contribution in [2.45, 2.75) is 6.61 Å². The highest BCUT2D eigenvalue weighted by Gasteiger charge is 2.33. The van der Waals surface area contributed by atoms with E-state index in [1.165, 1.54) is 11.8 Å². The number of hydrogen-bond donors (Lipinski definition) is 0. The summed E-state index contributed by atoms with van der Waals surface area (Å²) in [6.07, 6.45) is 1.82. The Balaban J connectivity index is 1.50. The second kappa shape index (κ2) is 10.3. The molecule has 1 aliphatic rings. The summed E-state index contributed by atoms with van der Waals surface area (Å²) in [5.74, 6) is 0.516. The molecule has 162 valence electrons. The molecule has 1 amide bonds. The minimum atomic E-state index is -0.146. The van der Waals surface area contributed by atoms with Crippen LogP contribution < -0.4 is 9.64 Å². The number of carbonyl (C=O) groups excluding carboxylic acids is 1. The first-order valence-corrected chi connectivity index (χ1v) is 12.8. The minimum absolute atomic E-state index is 0.146. The third-order valence-electron chi connectivity index (χ3n) is 4.51. The number of thiocarbonyl (C=S) groups is 1. The van der Waals surface area contributed by atoms with Gasteiger partial charge in [-0.15, -0.1) is 0 Å². The van der Waals surface area contributed by atoms with E-state index in [2.05, 4.69) is 31.9 Å². The van der Waals surface area contributed by atoms with Crippen LogP contribution in [-0.4, -0.2) is 10.2 Å². The SMILES string of the molecule is O=C1/C(=C\c2ccc(OCc3ccc(Cl)cc3Cl)c(Br)c2)SC(=S)N1c1cccc(Br)c1. The van der Waals surface area contributed by atoms with E-state index in [0.29, 0.717) is 31.6 Å². The number of halogens is 4. The zero-order valence-corrected chi connectivity index (χ0v) is 22.5. The molecule has 1 saturated heterocycles. The molecule has 3 aromatic carbocycles. The lowest BCUT2D eigenvalue weighted by molar-refractivity contribution is -0.113. The number of ether oxygens (including phenoxy) is 1. The van der Waals surface area contributed by atoms with Gasteiger partial charge in [0.15, 0.2) is 4.32 Å². The molecule has 0 radical (unpaired) electrons. The van der Waals surface area contributed by atoms with Crippen molar-refractivity contribution < 1.29 is 9.53 Å². The van der Waals surface area contributed by atoms with E-state index in [0.717, 1.165) is 25.8 Å². The molecular formula is C23H13Br2Cl2NO2S2. The Morgan fingerprint density at radius 2 is 1.88 bits per heavy atom. The Morgan fingerprint density at radius 3 is 2.59 bits per heavy atom.